The SMILES string of the molecule is ClCCOc1cccc(-c2cccs2)c1. The largest absolute Gasteiger partial charge is 0.492 e. The van der Waals surface area contributed by atoms with Crippen molar-refractivity contribution in [2.24, 2.45) is 0 Å². The Hall–Kier alpha value is -0.990. The maximum absolute atomic E-state index is 5.57. The van der Waals surface area contributed by atoms with E-state index in [1.54, 1.807) is 11.3 Å². The van der Waals surface area contributed by atoms with Crippen LogP contribution in [0.5, 0.6) is 5.75 Å². The van der Waals surface area contributed by atoms with E-state index in [4.69, 9.17) is 16.3 Å². The van der Waals surface area contributed by atoms with Crippen LogP contribution in [-0.4, -0.2) is 12.5 Å². The molecule has 1 aromatic carbocycles. The third-order valence-electron chi connectivity index (χ3n) is 1.99. The van der Waals surface area contributed by atoms with E-state index >= 15 is 0 Å². The summed E-state index contributed by atoms with van der Waals surface area (Å²) in [4.78, 5) is 1.26. The lowest BCUT2D eigenvalue weighted by atomic mass is 10.2. The van der Waals surface area contributed by atoms with Gasteiger partial charge < -0.3 is 4.74 Å². The Morgan fingerprint density at radius 1 is 1.20 bits per heavy atom. The predicted octanol–water partition coefficient (Wildman–Crippen LogP) is 4.03. The van der Waals surface area contributed by atoms with Gasteiger partial charge in [0.1, 0.15) is 12.4 Å². The monoisotopic (exact) mass is 238 g/mol. The Bertz CT molecular complexity index is 411. The van der Waals surface area contributed by atoms with Gasteiger partial charge in [-0.2, -0.15) is 0 Å². The van der Waals surface area contributed by atoms with E-state index in [1.165, 1.54) is 10.4 Å². The lowest BCUT2D eigenvalue weighted by Crippen LogP contribution is -1.97. The van der Waals surface area contributed by atoms with Crippen molar-refractivity contribution in [3.63, 3.8) is 0 Å². The smallest absolute Gasteiger partial charge is 0.120 e. The zero-order chi connectivity index (χ0) is 10.5. The van der Waals surface area contributed by atoms with E-state index in [0.29, 0.717) is 12.5 Å². The summed E-state index contributed by atoms with van der Waals surface area (Å²) < 4.78 is 5.47. The molecule has 15 heavy (non-hydrogen) atoms. The Morgan fingerprint density at radius 2 is 2.13 bits per heavy atom. The molecule has 0 aliphatic heterocycles. The topological polar surface area (TPSA) is 9.23 Å². The molecule has 1 heterocycles. The van der Waals surface area contributed by atoms with E-state index in [-0.39, 0.29) is 0 Å². The zero-order valence-corrected chi connectivity index (χ0v) is 9.72. The Balaban J connectivity index is 2.19. The van der Waals surface area contributed by atoms with Gasteiger partial charge in [-0.1, -0.05) is 18.2 Å². The summed E-state index contributed by atoms with van der Waals surface area (Å²) in [5.74, 6) is 1.39. The minimum Gasteiger partial charge on any atom is -0.492 e. The second-order valence-electron chi connectivity index (χ2n) is 3.04. The number of hydrogen-bond donors (Lipinski definition) is 0. The molecule has 0 saturated carbocycles. The van der Waals surface area contributed by atoms with Gasteiger partial charge in [0.25, 0.3) is 0 Å². The van der Waals surface area contributed by atoms with Crippen LogP contribution in [-0.2, 0) is 0 Å². The molecule has 78 valence electrons. The molecule has 0 N–H and O–H groups in total. The number of hydrogen-bond acceptors (Lipinski definition) is 2. The molecule has 0 saturated heterocycles. The van der Waals surface area contributed by atoms with E-state index in [2.05, 4.69) is 17.5 Å². The quantitative estimate of drug-likeness (QED) is 0.731. The molecule has 0 fully saturated rings. The molecule has 0 spiro atoms. The molecular formula is C12H11ClOS. The highest BCUT2D eigenvalue weighted by Crippen LogP contribution is 2.27. The van der Waals surface area contributed by atoms with Crippen LogP contribution in [0.3, 0.4) is 0 Å². The normalized spacial score (nSPS) is 10.2. The van der Waals surface area contributed by atoms with Gasteiger partial charge in [-0.25, -0.2) is 0 Å². The molecule has 1 aromatic heterocycles. The third kappa shape index (κ3) is 2.74. The van der Waals surface area contributed by atoms with Gasteiger partial charge in [0.05, 0.1) is 5.88 Å². The molecule has 2 aromatic rings. The van der Waals surface area contributed by atoms with Crippen molar-refractivity contribution < 1.29 is 4.74 Å². The summed E-state index contributed by atoms with van der Waals surface area (Å²) in [6.07, 6.45) is 0. The van der Waals surface area contributed by atoms with E-state index in [9.17, 15) is 0 Å². The number of halogens is 1. The lowest BCUT2D eigenvalue weighted by Gasteiger charge is -2.05. The first-order valence-electron chi connectivity index (χ1n) is 4.73. The summed E-state index contributed by atoms with van der Waals surface area (Å²) in [6, 6.07) is 12.2. The van der Waals surface area contributed by atoms with Crippen molar-refractivity contribution in [2.45, 2.75) is 0 Å². The van der Waals surface area contributed by atoms with Gasteiger partial charge in [0.15, 0.2) is 0 Å². The molecule has 0 atom stereocenters. The summed E-state index contributed by atoms with van der Waals surface area (Å²) in [7, 11) is 0. The average molecular weight is 239 g/mol. The van der Waals surface area contributed by atoms with Crippen molar-refractivity contribution in [3.05, 3.63) is 41.8 Å². The molecule has 0 unspecified atom stereocenters. The van der Waals surface area contributed by atoms with Crippen molar-refractivity contribution in [2.75, 3.05) is 12.5 Å². The van der Waals surface area contributed by atoms with Crippen molar-refractivity contribution in [3.8, 4) is 16.2 Å². The van der Waals surface area contributed by atoms with Gasteiger partial charge in [-0.3, -0.25) is 0 Å². The van der Waals surface area contributed by atoms with E-state index in [0.717, 1.165) is 5.75 Å². The second-order valence-corrected chi connectivity index (χ2v) is 4.37. The van der Waals surface area contributed by atoms with Gasteiger partial charge in [-0.05, 0) is 29.1 Å². The highest BCUT2D eigenvalue weighted by Gasteiger charge is 2.00. The summed E-state index contributed by atoms with van der Waals surface area (Å²) in [5.41, 5.74) is 1.19. The van der Waals surface area contributed by atoms with Crippen molar-refractivity contribution >= 4 is 22.9 Å². The fraction of sp³-hybridized carbons (Fsp3) is 0.167. The first-order chi connectivity index (χ1) is 7.40. The highest BCUT2D eigenvalue weighted by molar-refractivity contribution is 7.13. The van der Waals surface area contributed by atoms with Crippen LogP contribution in [0, 0.1) is 0 Å². The molecule has 0 aliphatic carbocycles. The van der Waals surface area contributed by atoms with Crippen LogP contribution >= 0.6 is 22.9 Å². The average Bonchev–Trinajstić information content (AvgIpc) is 2.80. The number of rotatable bonds is 4. The van der Waals surface area contributed by atoms with Crippen molar-refractivity contribution in [1.82, 2.24) is 0 Å². The molecule has 0 aliphatic rings. The number of benzene rings is 1. The molecule has 2 rings (SSSR count). The van der Waals surface area contributed by atoms with E-state index in [1.807, 2.05) is 24.3 Å². The highest BCUT2D eigenvalue weighted by atomic mass is 35.5. The Morgan fingerprint density at radius 3 is 2.87 bits per heavy atom. The second kappa shape index (κ2) is 5.19. The fourth-order valence-corrected chi connectivity index (χ4v) is 2.14. The first-order valence-corrected chi connectivity index (χ1v) is 6.14. The number of alkyl halides is 1. The van der Waals surface area contributed by atoms with Crippen LogP contribution in [0.4, 0.5) is 0 Å². The zero-order valence-electron chi connectivity index (χ0n) is 8.15. The minimum atomic E-state index is 0.517. The first kappa shape index (κ1) is 10.5. The third-order valence-corrected chi connectivity index (χ3v) is 3.06. The molecular weight excluding hydrogens is 228 g/mol. The Labute approximate surface area is 98.3 Å². The molecule has 3 heteroatoms. The summed E-state index contributed by atoms with van der Waals surface area (Å²) in [6.45, 7) is 0.551. The predicted molar refractivity (Wildman–Crippen MR) is 66.0 cm³/mol. The molecule has 1 nitrogen and oxygen atoms in total. The summed E-state index contributed by atoms with van der Waals surface area (Å²) >= 11 is 7.29. The van der Waals surface area contributed by atoms with Crippen LogP contribution in [0.2, 0.25) is 0 Å². The molecule has 0 amide bonds. The van der Waals surface area contributed by atoms with E-state index < -0.39 is 0 Å². The molecule has 0 radical (unpaired) electrons. The minimum absolute atomic E-state index is 0.517. The number of thiophene rings is 1. The van der Waals surface area contributed by atoms with Crippen LogP contribution in [0.25, 0.3) is 10.4 Å². The maximum Gasteiger partial charge on any atom is 0.120 e. The summed E-state index contributed by atoms with van der Waals surface area (Å²) in [5, 5.41) is 2.07. The van der Waals surface area contributed by atoms with Crippen LogP contribution < -0.4 is 4.74 Å². The number of ether oxygens (including phenoxy) is 1. The fourth-order valence-electron chi connectivity index (χ4n) is 1.34. The van der Waals surface area contributed by atoms with Crippen molar-refractivity contribution in [1.29, 1.82) is 0 Å². The van der Waals surface area contributed by atoms with Gasteiger partial charge in [-0.15, -0.1) is 22.9 Å². The lowest BCUT2D eigenvalue weighted by molar-refractivity contribution is 0.343. The Kier molecular flexibility index (Phi) is 3.64. The van der Waals surface area contributed by atoms with Crippen LogP contribution in [0.1, 0.15) is 0 Å². The maximum atomic E-state index is 5.57. The van der Waals surface area contributed by atoms with Gasteiger partial charge in [0, 0.05) is 4.88 Å². The molecule has 0 bridgehead atoms. The van der Waals surface area contributed by atoms with Gasteiger partial charge >= 0.3 is 0 Å². The van der Waals surface area contributed by atoms with Crippen LogP contribution in [0.15, 0.2) is 41.8 Å². The van der Waals surface area contributed by atoms with Gasteiger partial charge in [0.2, 0.25) is 0 Å². The standard InChI is InChI=1S/C12H11ClOS/c13-6-7-14-11-4-1-3-10(9-11)12-5-2-8-15-12/h1-5,8-9H,6-7H2.